The topological polar surface area (TPSA) is 52.6 Å². The monoisotopic (exact) mass is 328 g/mol. The summed E-state index contributed by atoms with van der Waals surface area (Å²) in [6.07, 6.45) is 8.05. The molecule has 0 saturated heterocycles. The molecule has 1 aromatic rings. The molecule has 1 unspecified atom stereocenters. The fourth-order valence-electron chi connectivity index (χ4n) is 4.05. The minimum Gasteiger partial charge on any atom is -0.375 e. The highest BCUT2D eigenvalue weighted by Gasteiger charge is 2.47. The van der Waals surface area contributed by atoms with Gasteiger partial charge in [0.2, 0.25) is 0 Å². The van der Waals surface area contributed by atoms with Gasteiger partial charge in [0.15, 0.2) is 5.60 Å². The molecule has 0 aromatic heterocycles. The molecule has 1 aliphatic carbocycles. The molecule has 4 nitrogen and oxygen atoms in total. The Bertz CT molecular complexity index is 593. The molecule has 0 spiro atoms. The second-order valence-corrected chi connectivity index (χ2v) is 6.98. The van der Waals surface area contributed by atoms with Gasteiger partial charge in [0.05, 0.1) is 0 Å². The fourth-order valence-corrected chi connectivity index (χ4v) is 4.05. The van der Waals surface area contributed by atoms with Crippen LogP contribution in [0.25, 0.3) is 0 Å². The average molecular weight is 328 g/mol. The van der Waals surface area contributed by atoms with E-state index in [0.29, 0.717) is 0 Å². The van der Waals surface area contributed by atoms with Crippen molar-refractivity contribution in [2.24, 2.45) is 5.92 Å². The van der Waals surface area contributed by atoms with E-state index in [9.17, 15) is 9.90 Å². The number of amides is 1. The molecule has 3 rings (SSSR count). The van der Waals surface area contributed by atoms with Crippen LogP contribution in [0, 0.1) is 5.92 Å². The zero-order valence-electron chi connectivity index (χ0n) is 14.5. The van der Waals surface area contributed by atoms with E-state index >= 15 is 0 Å². The highest BCUT2D eigenvalue weighted by Crippen LogP contribution is 2.41. The van der Waals surface area contributed by atoms with E-state index < -0.39 is 5.60 Å². The summed E-state index contributed by atoms with van der Waals surface area (Å²) >= 11 is 0. The summed E-state index contributed by atoms with van der Waals surface area (Å²) in [5.41, 5.74) is 0.300. The van der Waals surface area contributed by atoms with Gasteiger partial charge in [0, 0.05) is 31.8 Å². The Labute approximate surface area is 144 Å². The Balaban J connectivity index is 1.94. The highest BCUT2D eigenvalue weighted by atomic mass is 16.3. The van der Waals surface area contributed by atoms with Crippen molar-refractivity contribution in [1.82, 2.24) is 10.2 Å². The SMILES string of the molecule is CN(C(=O)C(O)(c1ccccc1)C1CCCCC1)C1=CCNCC1. The molecule has 1 aliphatic heterocycles. The zero-order valence-corrected chi connectivity index (χ0v) is 14.5. The number of carbonyl (C=O) groups excluding carboxylic acids is 1. The molecule has 1 aromatic carbocycles. The smallest absolute Gasteiger partial charge is 0.263 e. The maximum atomic E-state index is 13.4. The summed E-state index contributed by atoms with van der Waals surface area (Å²) in [5.74, 6) is -0.195. The van der Waals surface area contributed by atoms with Crippen LogP contribution in [0.15, 0.2) is 42.1 Å². The van der Waals surface area contributed by atoms with Gasteiger partial charge >= 0.3 is 0 Å². The summed E-state index contributed by atoms with van der Waals surface area (Å²) in [6.45, 7) is 1.65. The molecule has 1 amide bonds. The van der Waals surface area contributed by atoms with Crippen molar-refractivity contribution in [2.45, 2.75) is 44.1 Å². The van der Waals surface area contributed by atoms with Crippen molar-refractivity contribution in [3.63, 3.8) is 0 Å². The van der Waals surface area contributed by atoms with Gasteiger partial charge in [-0.2, -0.15) is 0 Å². The van der Waals surface area contributed by atoms with E-state index in [2.05, 4.69) is 5.32 Å². The predicted molar refractivity (Wildman–Crippen MR) is 95.3 cm³/mol. The number of nitrogens with one attached hydrogen (secondary N) is 1. The van der Waals surface area contributed by atoms with Crippen LogP contribution in [0.2, 0.25) is 0 Å². The molecule has 130 valence electrons. The van der Waals surface area contributed by atoms with Gasteiger partial charge in [-0.1, -0.05) is 55.7 Å². The van der Waals surface area contributed by atoms with E-state index in [1.165, 1.54) is 6.42 Å². The lowest BCUT2D eigenvalue weighted by molar-refractivity contribution is -0.158. The normalized spacial score (nSPS) is 21.7. The molecule has 24 heavy (non-hydrogen) atoms. The molecule has 0 radical (unpaired) electrons. The maximum absolute atomic E-state index is 13.4. The first-order chi connectivity index (χ1) is 11.6. The number of rotatable bonds is 4. The van der Waals surface area contributed by atoms with E-state index in [1.807, 2.05) is 36.4 Å². The minimum atomic E-state index is -1.43. The lowest BCUT2D eigenvalue weighted by Gasteiger charge is -2.40. The van der Waals surface area contributed by atoms with Gasteiger partial charge in [-0.25, -0.2) is 0 Å². The van der Waals surface area contributed by atoms with Gasteiger partial charge in [-0.15, -0.1) is 0 Å². The Hall–Kier alpha value is -1.65. The molecular weight excluding hydrogens is 300 g/mol. The third-order valence-electron chi connectivity index (χ3n) is 5.51. The molecule has 1 fully saturated rings. The minimum absolute atomic E-state index is 0.00841. The fraction of sp³-hybridized carbons (Fsp3) is 0.550. The van der Waals surface area contributed by atoms with E-state index in [1.54, 1.807) is 11.9 Å². The largest absolute Gasteiger partial charge is 0.375 e. The standard InChI is InChI=1S/C20H28N2O2/c1-22(18-12-14-21-15-13-18)19(23)20(24,16-8-4-2-5-9-16)17-10-6-3-7-11-17/h2,4-5,8-9,12,17,21,24H,3,6-7,10-11,13-15H2,1H3. The van der Waals surface area contributed by atoms with Gasteiger partial charge in [0.25, 0.3) is 5.91 Å². The first kappa shape index (κ1) is 17.2. The molecule has 2 aliphatic rings. The van der Waals surface area contributed by atoms with E-state index in [0.717, 1.165) is 56.5 Å². The summed E-state index contributed by atoms with van der Waals surface area (Å²) in [5, 5.41) is 14.9. The quantitative estimate of drug-likeness (QED) is 0.893. The Morgan fingerprint density at radius 1 is 1.21 bits per heavy atom. The van der Waals surface area contributed by atoms with Gasteiger partial charge in [0.1, 0.15) is 0 Å². The first-order valence-electron chi connectivity index (χ1n) is 9.10. The molecule has 1 heterocycles. The van der Waals surface area contributed by atoms with Crippen LogP contribution in [0.3, 0.4) is 0 Å². The Morgan fingerprint density at radius 3 is 2.54 bits per heavy atom. The average Bonchev–Trinajstić information content (AvgIpc) is 2.68. The second kappa shape index (κ2) is 7.49. The van der Waals surface area contributed by atoms with Crippen LogP contribution in [0.4, 0.5) is 0 Å². The first-order valence-corrected chi connectivity index (χ1v) is 9.10. The van der Waals surface area contributed by atoms with Gasteiger partial charge < -0.3 is 15.3 Å². The van der Waals surface area contributed by atoms with E-state index in [4.69, 9.17) is 0 Å². The summed E-state index contributed by atoms with van der Waals surface area (Å²) in [7, 11) is 1.80. The van der Waals surface area contributed by atoms with Crippen LogP contribution >= 0.6 is 0 Å². The summed E-state index contributed by atoms with van der Waals surface area (Å²) < 4.78 is 0. The molecule has 1 atom stereocenters. The third kappa shape index (κ3) is 3.26. The molecule has 2 N–H and O–H groups in total. The lowest BCUT2D eigenvalue weighted by atomic mass is 9.72. The molecule has 1 saturated carbocycles. The number of hydrogen-bond donors (Lipinski definition) is 2. The van der Waals surface area contributed by atoms with Crippen molar-refractivity contribution in [3.05, 3.63) is 47.7 Å². The summed E-state index contributed by atoms with van der Waals surface area (Å²) in [6, 6.07) is 9.50. The lowest BCUT2D eigenvalue weighted by Crippen LogP contribution is -2.51. The van der Waals surface area contributed by atoms with Crippen LogP contribution in [-0.2, 0) is 10.4 Å². The van der Waals surface area contributed by atoms with Crippen LogP contribution in [0.1, 0.15) is 44.1 Å². The Morgan fingerprint density at radius 2 is 1.92 bits per heavy atom. The number of nitrogens with zero attached hydrogens (tertiary/aromatic N) is 1. The number of carbonyl (C=O) groups is 1. The van der Waals surface area contributed by atoms with Crippen LogP contribution < -0.4 is 5.32 Å². The number of hydrogen-bond acceptors (Lipinski definition) is 3. The van der Waals surface area contributed by atoms with Crippen molar-refractivity contribution in [2.75, 3.05) is 20.1 Å². The Kier molecular flexibility index (Phi) is 5.36. The van der Waals surface area contributed by atoms with Gasteiger partial charge in [-0.3, -0.25) is 4.79 Å². The van der Waals surface area contributed by atoms with Gasteiger partial charge in [-0.05, 0) is 24.8 Å². The number of aliphatic hydroxyl groups is 1. The highest BCUT2D eigenvalue weighted by molar-refractivity contribution is 5.88. The second-order valence-electron chi connectivity index (χ2n) is 6.98. The number of likely N-dealkylation sites (N-methyl/N-ethyl adjacent to an activating group) is 1. The third-order valence-corrected chi connectivity index (χ3v) is 5.51. The molecular formula is C20H28N2O2. The van der Waals surface area contributed by atoms with Crippen molar-refractivity contribution >= 4 is 5.91 Å². The maximum Gasteiger partial charge on any atom is 0.263 e. The van der Waals surface area contributed by atoms with Crippen molar-refractivity contribution in [1.29, 1.82) is 0 Å². The zero-order chi connectivity index (χ0) is 17.0. The van der Waals surface area contributed by atoms with Crippen LogP contribution in [0.5, 0.6) is 0 Å². The van der Waals surface area contributed by atoms with Crippen molar-refractivity contribution < 1.29 is 9.90 Å². The molecule has 0 bridgehead atoms. The van der Waals surface area contributed by atoms with Crippen LogP contribution in [-0.4, -0.2) is 36.1 Å². The number of benzene rings is 1. The molecule has 4 heteroatoms. The van der Waals surface area contributed by atoms with E-state index in [-0.39, 0.29) is 11.8 Å². The predicted octanol–water partition coefficient (Wildman–Crippen LogP) is 2.79. The van der Waals surface area contributed by atoms with Crippen molar-refractivity contribution in [3.8, 4) is 0 Å². The summed E-state index contributed by atoms with van der Waals surface area (Å²) in [4.78, 5) is 15.1.